The Hall–Kier alpha value is -1.21. The van der Waals surface area contributed by atoms with Crippen LogP contribution in [0.2, 0.25) is 0 Å². The second-order valence-electron chi connectivity index (χ2n) is 3.23. The molecule has 60 valence electrons. The molecule has 3 heteroatoms. The van der Waals surface area contributed by atoms with Crippen molar-refractivity contribution in [2.24, 2.45) is 5.41 Å². The molecule has 0 rings (SSSR count). The van der Waals surface area contributed by atoms with E-state index in [1.807, 2.05) is 20.8 Å². The molecule has 3 nitrogen and oxygen atoms in total. The van der Waals surface area contributed by atoms with Gasteiger partial charge in [0.25, 0.3) is 5.71 Å². The minimum Gasteiger partial charge on any atom is -0.361 e. The number of nitrogens with zero attached hydrogens (tertiary/aromatic N) is 2. The molecule has 11 heavy (non-hydrogen) atoms. The Morgan fingerprint density at radius 1 is 1.45 bits per heavy atom. The number of allylic oxidation sites excluding steroid dienone is 2. The zero-order chi connectivity index (χ0) is 8.91. The molecule has 0 aliphatic carbocycles. The van der Waals surface area contributed by atoms with Crippen LogP contribution >= 0.6 is 0 Å². The molecule has 0 atom stereocenters. The summed E-state index contributed by atoms with van der Waals surface area (Å²) in [6, 6.07) is 0. The quantitative estimate of drug-likeness (QED) is 0.194. The van der Waals surface area contributed by atoms with Crippen LogP contribution in [-0.2, 0) is 4.79 Å². The Balaban J connectivity index is 4.59. The predicted molar refractivity (Wildman–Crippen MR) is 43.3 cm³/mol. The Morgan fingerprint density at radius 3 is 2.27 bits per heavy atom. The van der Waals surface area contributed by atoms with Crippen LogP contribution in [0.3, 0.4) is 0 Å². The van der Waals surface area contributed by atoms with Crippen molar-refractivity contribution >= 4 is 12.0 Å². The molecular weight excluding hydrogens is 140 g/mol. The van der Waals surface area contributed by atoms with Gasteiger partial charge in [-0.3, -0.25) is 4.79 Å². The largest absolute Gasteiger partial charge is 0.361 e. The van der Waals surface area contributed by atoms with E-state index in [0.717, 1.165) is 0 Å². The number of carbonyl (C=O) groups excluding carboxylic acids is 1. The summed E-state index contributed by atoms with van der Waals surface area (Å²) in [4.78, 5) is 13.0. The summed E-state index contributed by atoms with van der Waals surface area (Å²) in [5.41, 5.74) is 8.77. The van der Waals surface area contributed by atoms with Crippen LogP contribution < -0.4 is 0 Å². The number of hydrogen-bond acceptors (Lipinski definition) is 1. The molecule has 0 bridgehead atoms. The van der Waals surface area contributed by atoms with Crippen molar-refractivity contribution < 1.29 is 9.58 Å². The smallest absolute Gasteiger partial charge is 0.297 e. The van der Waals surface area contributed by atoms with Gasteiger partial charge < -0.3 is 5.53 Å². The number of carbonyl (C=O) groups is 1. The maximum absolute atomic E-state index is 9.93. The maximum Gasteiger partial charge on any atom is 0.297 e. The maximum atomic E-state index is 9.93. The van der Waals surface area contributed by atoms with E-state index in [2.05, 4.69) is 4.79 Å². The summed E-state index contributed by atoms with van der Waals surface area (Å²) in [7, 11) is 0. The van der Waals surface area contributed by atoms with E-state index in [9.17, 15) is 4.79 Å². The Bertz CT molecular complexity index is 217. The molecule has 0 amide bonds. The second-order valence-corrected chi connectivity index (χ2v) is 3.23. The van der Waals surface area contributed by atoms with E-state index in [1.165, 1.54) is 12.2 Å². The summed E-state index contributed by atoms with van der Waals surface area (Å²) < 4.78 is 0. The molecule has 0 aromatic carbocycles. The highest BCUT2D eigenvalue weighted by atomic mass is 16.1. The third kappa shape index (κ3) is 3.48. The molecule has 0 unspecified atom stereocenters. The van der Waals surface area contributed by atoms with Crippen LogP contribution in [0.5, 0.6) is 0 Å². The van der Waals surface area contributed by atoms with Gasteiger partial charge in [-0.2, -0.15) is 4.79 Å². The SMILES string of the molecule is CC(C)(C)C(/C=C\C=O)=[N+]=[N-]. The molecule has 0 aromatic heterocycles. The molecule has 0 N–H and O–H groups in total. The average Bonchev–Trinajstić information content (AvgIpc) is 1.87. The van der Waals surface area contributed by atoms with E-state index in [1.54, 1.807) is 0 Å². The van der Waals surface area contributed by atoms with Crippen LogP contribution in [0.25, 0.3) is 5.53 Å². The fraction of sp³-hybridized carbons (Fsp3) is 0.500. The molecule has 0 heterocycles. The lowest BCUT2D eigenvalue weighted by Crippen LogP contribution is -2.18. The first-order valence-corrected chi connectivity index (χ1v) is 3.36. The molecule has 0 aromatic rings. The van der Waals surface area contributed by atoms with E-state index in [0.29, 0.717) is 12.0 Å². The molecular formula is C8H12N2O. The lowest BCUT2D eigenvalue weighted by Gasteiger charge is -2.08. The van der Waals surface area contributed by atoms with Gasteiger partial charge in [-0.25, -0.2) is 0 Å². The van der Waals surface area contributed by atoms with E-state index in [-0.39, 0.29) is 5.41 Å². The Labute approximate surface area is 66.3 Å². The van der Waals surface area contributed by atoms with Gasteiger partial charge >= 0.3 is 0 Å². The number of hydrogen-bond donors (Lipinski definition) is 0. The summed E-state index contributed by atoms with van der Waals surface area (Å²) in [6.45, 7) is 5.70. The van der Waals surface area contributed by atoms with Gasteiger partial charge in [-0.15, -0.1) is 0 Å². The van der Waals surface area contributed by atoms with Gasteiger partial charge in [-0.05, 0) is 26.8 Å². The van der Waals surface area contributed by atoms with Gasteiger partial charge in [0.2, 0.25) is 0 Å². The molecule has 0 aliphatic rings. The van der Waals surface area contributed by atoms with Gasteiger partial charge in [0, 0.05) is 6.08 Å². The van der Waals surface area contributed by atoms with Crippen LogP contribution in [-0.4, -0.2) is 16.8 Å². The fourth-order valence-corrected chi connectivity index (χ4v) is 0.564. The summed E-state index contributed by atoms with van der Waals surface area (Å²) in [5, 5.41) is 0. The molecule has 0 aliphatic heterocycles. The molecule has 0 saturated carbocycles. The molecule has 0 fully saturated rings. The minimum absolute atomic E-state index is 0.228. The van der Waals surface area contributed by atoms with Crippen LogP contribution in [0.15, 0.2) is 12.2 Å². The second kappa shape index (κ2) is 3.84. The Kier molecular flexibility index (Phi) is 3.42. The van der Waals surface area contributed by atoms with Crippen LogP contribution in [0.4, 0.5) is 0 Å². The fourth-order valence-electron chi connectivity index (χ4n) is 0.564. The van der Waals surface area contributed by atoms with Crippen molar-refractivity contribution in [2.75, 3.05) is 0 Å². The lowest BCUT2D eigenvalue weighted by molar-refractivity contribution is -0.104. The third-order valence-electron chi connectivity index (χ3n) is 1.21. The highest BCUT2D eigenvalue weighted by Gasteiger charge is 2.23. The van der Waals surface area contributed by atoms with Crippen molar-refractivity contribution in [3.8, 4) is 0 Å². The first-order chi connectivity index (χ1) is 5.02. The summed E-state index contributed by atoms with van der Waals surface area (Å²) >= 11 is 0. The van der Waals surface area contributed by atoms with Crippen molar-refractivity contribution in [2.45, 2.75) is 20.8 Å². The topological polar surface area (TPSA) is 53.5 Å². The Morgan fingerprint density at radius 2 is 2.00 bits per heavy atom. The van der Waals surface area contributed by atoms with Crippen molar-refractivity contribution in [3.05, 3.63) is 17.7 Å². The zero-order valence-corrected chi connectivity index (χ0v) is 7.03. The van der Waals surface area contributed by atoms with Gasteiger partial charge in [-0.1, -0.05) is 0 Å². The highest BCUT2D eigenvalue weighted by Crippen LogP contribution is 2.14. The number of rotatable bonds is 2. The monoisotopic (exact) mass is 152 g/mol. The number of aldehydes is 1. The summed E-state index contributed by atoms with van der Waals surface area (Å²) in [6.07, 6.45) is 3.45. The van der Waals surface area contributed by atoms with Gasteiger partial charge in [0.15, 0.2) is 0 Å². The first-order valence-electron chi connectivity index (χ1n) is 3.36. The van der Waals surface area contributed by atoms with E-state index < -0.39 is 0 Å². The van der Waals surface area contributed by atoms with E-state index in [4.69, 9.17) is 5.53 Å². The zero-order valence-electron chi connectivity index (χ0n) is 7.03. The molecule has 0 spiro atoms. The first kappa shape index (κ1) is 9.79. The van der Waals surface area contributed by atoms with Crippen LogP contribution in [0, 0.1) is 5.41 Å². The highest BCUT2D eigenvalue weighted by molar-refractivity contribution is 5.96. The summed E-state index contributed by atoms with van der Waals surface area (Å²) in [5.74, 6) is 0. The predicted octanol–water partition coefficient (Wildman–Crippen LogP) is 1.46. The van der Waals surface area contributed by atoms with Crippen molar-refractivity contribution in [1.82, 2.24) is 0 Å². The lowest BCUT2D eigenvalue weighted by atomic mass is 9.90. The van der Waals surface area contributed by atoms with Gasteiger partial charge in [0.05, 0.1) is 5.41 Å². The van der Waals surface area contributed by atoms with Crippen LogP contribution in [0.1, 0.15) is 20.8 Å². The molecule has 0 saturated heterocycles. The van der Waals surface area contributed by atoms with E-state index >= 15 is 0 Å². The van der Waals surface area contributed by atoms with Crippen molar-refractivity contribution in [3.63, 3.8) is 0 Å². The normalized spacial score (nSPS) is 11.2. The third-order valence-corrected chi connectivity index (χ3v) is 1.21. The average molecular weight is 152 g/mol. The van der Waals surface area contributed by atoms with Crippen molar-refractivity contribution in [1.29, 1.82) is 0 Å². The minimum atomic E-state index is -0.228. The molecule has 0 radical (unpaired) electrons. The standard InChI is InChI=1S/C8H12N2O/c1-8(2,3)7(10-9)5-4-6-11/h4-6H,1-3H3/b5-4-. The van der Waals surface area contributed by atoms with Gasteiger partial charge in [0.1, 0.15) is 6.29 Å².